The summed E-state index contributed by atoms with van der Waals surface area (Å²) >= 11 is 0. The van der Waals surface area contributed by atoms with Crippen molar-refractivity contribution >= 4 is 17.7 Å². The zero-order valence-electron chi connectivity index (χ0n) is 24.9. The van der Waals surface area contributed by atoms with Gasteiger partial charge in [-0.25, -0.2) is 8.78 Å². The number of unbranched alkanes of at least 4 members (excludes halogenated alkanes) is 3. The normalized spacial score (nSPS) is 14.5. The van der Waals surface area contributed by atoms with E-state index in [2.05, 4.69) is 20.9 Å². The van der Waals surface area contributed by atoms with E-state index in [-0.39, 0.29) is 17.5 Å². The highest BCUT2D eigenvalue weighted by atomic mass is 19.1. The molecule has 11 heteroatoms. The van der Waals surface area contributed by atoms with E-state index in [0.29, 0.717) is 24.5 Å². The van der Waals surface area contributed by atoms with Crippen LogP contribution in [0.1, 0.15) is 72.2 Å². The molecule has 3 aromatic rings. The van der Waals surface area contributed by atoms with Crippen LogP contribution >= 0.6 is 0 Å². The summed E-state index contributed by atoms with van der Waals surface area (Å²) in [5.74, 6) is -3.34. The maximum atomic E-state index is 14.0. The molecule has 0 spiro atoms. The van der Waals surface area contributed by atoms with Gasteiger partial charge in [-0.15, -0.1) is 0 Å². The van der Waals surface area contributed by atoms with Gasteiger partial charge in [-0.1, -0.05) is 50.8 Å². The number of carbonyl (C=O) groups is 3. The van der Waals surface area contributed by atoms with Crippen molar-refractivity contribution in [1.82, 2.24) is 20.9 Å². The monoisotopic (exact) mass is 610 g/mol. The number of carbonyl (C=O) groups excluding carboxylic acids is 3. The maximum absolute atomic E-state index is 14.0. The van der Waals surface area contributed by atoms with Gasteiger partial charge in [-0.2, -0.15) is 0 Å². The zero-order chi connectivity index (χ0) is 32.1. The van der Waals surface area contributed by atoms with Crippen LogP contribution in [-0.2, 0) is 11.2 Å². The average Bonchev–Trinajstić information content (AvgIpc) is 3.01. The van der Waals surface area contributed by atoms with E-state index in [9.17, 15) is 33.4 Å². The lowest BCUT2D eigenvalue weighted by Crippen LogP contribution is -2.58. The minimum Gasteiger partial charge on any atom is -0.388 e. The molecule has 2 aromatic carbocycles. The Morgan fingerprint density at radius 1 is 0.818 bits per heavy atom. The first-order chi connectivity index (χ1) is 21.1. The largest absolute Gasteiger partial charge is 0.388 e. The Bertz CT molecular complexity index is 1340. The summed E-state index contributed by atoms with van der Waals surface area (Å²) in [6.45, 7) is 3.53. The fourth-order valence-electron chi connectivity index (χ4n) is 4.80. The van der Waals surface area contributed by atoms with Gasteiger partial charge in [0.1, 0.15) is 29.9 Å². The van der Waals surface area contributed by atoms with Crippen LogP contribution in [0.25, 0.3) is 0 Å². The lowest BCUT2D eigenvalue weighted by atomic mass is 9.93. The molecular weight excluding hydrogens is 570 g/mol. The van der Waals surface area contributed by atoms with Gasteiger partial charge in [0.25, 0.3) is 11.8 Å². The number of aromatic nitrogens is 1. The number of pyridine rings is 1. The van der Waals surface area contributed by atoms with Crippen LogP contribution < -0.4 is 16.0 Å². The zero-order valence-corrected chi connectivity index (χ0v) is 24.9. The molecule has 0 bridgehead atoms. The van der Waals surface area contributed by atoms with Gasteiger partial charge in [-0.3, -0.25) is 19.4 Å². The van der Waals surface area contributed by atoms with Gasteiger partial charge in [0.15, 0.2) is 0 Å². The van der Waals surface area contributed by atoms with Crippen molar-refractivity contribution in [2.24, 2.45) is 0 Å². The van der Waals surface area contributed by atoms with Gasteiger partial charge < -0.3 is 26.2 Å². The first kappa shape index (κ1) is 34.3. The van der Waals surface area contributed by atoms with Crippen molar-refractivity contribution in [3.8, 4) is 0 Å². The topological polar surface area (TPSA) is 141 Å². The van der Waals surface area contributed by atoms with Crippen LogP contribution in [0, 0.1) is 11.6 Å². The van der Waals surface area contributed by atoms with Crippen molar-refractivity contribution in [1.29, 1.82) is 0 Å². The third-order valence-corrected chi connectivity index (χ3v) is 7.27. The second kappa shape index (κ2) is 17.2. The minimum absolute atomic E-state index is 0.124. The highest BCUT2D eigenvalue weighted by Gasteiger charge is 2.34. The molecule has 0 aliphatic carbocycles. The number of rotatable bonds is 16. The van der Waals surface area contributed by atoms with Crippen LogP contribution in [0.4, 0.5) is 8.78 Å². The molecule has 236 valence electrons. The fourth-order valence-corrected chi connectivity index (χ4v) is 4.80. The SMILES string of the molecule is CCCCCC[C@@H](NC(=O)c1cccnc1)C(=O)N[C@H](Cc1cc(F)cc(F)c1)[C@@H](O)[C@H](O)[C@H](C)NC(=O)c1ccccc1. The molecule has 44 heavy (non-hydrogen) atoms. The fraction of sp³-hybridized carbons (Fsp3) is 0.394. The molecular formula is C33H40F2N4O5. The molecule has 0 saturated carbocycles. The molecule has 9 nitrogen and oxygen atoms in total. The van der Waals surface area contributed by atoms with E-state index in [4.69, 9.17) is 0 Å². The van der Waals surface area contributed by atoms with Crippen molar-refractivity contribution in [3.63, 3.8) is 0 Å². The predicted molar refractivity (Wildman–Crippen MR) is 162 cm³/mol. The number of hydrogen-bond acceptors (Lipinski definition) is 6. The van der Waals surface area contributed by atoms with Gasteiger partial charge in [0.05, 0.1) is 17.6 Å². The Morgan fingerprint density at radius 2 is 1.48 bits per heavy atom. The summed E-state index contributed by atoms with van der Waals surface area (Å²) < 4.78 is 28.1. The van der Waals surface area contributed by atoms with E-state index in [0.717, 1.165) is 31.4 Å². The van der Waals surface area contributed by atoms with Crippen LogP contribution in [0.5, 0.6) is 0 Å². The smallest absolute Gasteiger partial charge is 0.253 e. The van der Waals surface area contributed by atoms with E-state index in [1.54, 1.807) is 42.5 Å². The Kier molecular flexibility index (Phi) is 13.4. The summed E-state index contributed by atoms with van der Waals surface area (Å²) in [6.07, 6.45) is 3.03. The number of benzene rings is 2. The van der Waals surface area contributed by atoms with Crippen molar-refractivity contribution < 1.29 is 33.4 Å². The quantitative estimate of drug-likeness (QED) is 0.157. The van der Waals surface area contributed by atoms with Gasteiger partial charge >= 0.3 is 0 Å². The van der Waals surface area contributed by atoms with Crippen molar-refractivity contribution in [2.45, 2.75) is 82.7 Å². The van der Waals surface area contributed by atoms with E-state index in [1.165, 1.54) is 19.3 Å². The predicted octanol–water partition coefficient (Wildman–Crippen LogP) is 3.70. The number of halogens is 2. The molecule has 0 aliphatic rings. The molecule has 0 aliphatic heterocycles. The molecule has 0 fully saturated rings. The molecule has 5 atom stereocenters. The summed E-state index contributed by atoms with van der Waals surface area (Å²) in [7, 11) is 0. The highest BCUT2D eigenvalue weighted by Crippen LogP contribution is 2.16. The molecule has 3 rings (SSSR count). The lowest BCUT2D eigenvalue weighted by Gasteiger charge is -2.32. The van der Waals surface area contributed by atoms with E-state index >= 15 is 0 Å². The summed E-state index contributed by atoms with van der Waals surface area (Å²) in [5.41, 5.74) is 0.722. The molecule has 5 N–H and O–H groups in total. The molecule has 0 radical (unpaired) electrons. The number of hydrogen-bond donors (Lipinski definition) is 5. The van der Waals surface area contributed by atoms with E-state index in [1.807, 2.05) is 6.92 Å². The first-order valence-corrected chi connectivity index (χ1v) is 14.8. The van der Waals surface area contributed by atoms with Crippen LogP contribution in [0.2, 0.25) is 0 Å². The summed E-state index contributed by atoms with van der Waals surface area (Å²) in [5, 5.41) is 30.3. The van der Waals surface area contributed by atoms with Crippen LogP contribution in [0.3, 0.4) is 0 Å². The average molecular weight is 611 g/mol. The Balaban J connectivity index is 1.82. The van der Waals surface area contributed by atoms with Gasteiger partial charge in [0.2, 0.25) is 5.91 Å². The summed E-state index contributed by atoms with van der Waals surface area (Å²) in [6, 6.07) is 11.0. The molecule has 0 saturated heterocycles. The van der Waals surface area contributed by atoms with Crippen LogP contribution in [-0.4, -0.2) is 63.3 Å². The number of aliphatic hydroxyl groups excluding tert-OH is 2. The number of amides is 3. The molecule has 1 heterocycles. The molecule has 3 amide bonds. The Labute approximate surface area is 256 Å². The van der Waals surface area contributed by atoms with Gasteiger partial charge in [-0.05, 0) is 61.7 Å². The lowest BCUT2D eigenvalue weighted by molar-refractivity contribution is -0.125. The molecule has 0 unspecified atom stereocenters. The Morgan fingerprint density at radius 3 is 2.11 bits per heavy atom. The summed E-state index contributed by atoms with van der Waals surface area (Å²) in [4.78, 5) is 43.1. The Hall–Kier alpha value is -4.22. The number of nitrogens with one attached hydrogen (secondary N) is 3. The van der Waals surface area contributed by atoms with E-state index < -0.39 is 59.7 Å². The van der Waals surface area contributed by atoms with Crippen molar-refractivity contribution in [2.75, 3.05) is 0 Å². The first-order valence-electron chi connectivity index (χ1n) is 14.8. The second-order valence-corrected chi connectivity index (χ2v) is 10.8. The minimum atomic E-state index is -1.67. The standard InChI is InChI=1S/C33H40F2N4O5/c1-3-4-5-9-14-27(38-32(43)24-13-10-15-36-20-24)33(44)39-28(18-22-16-25(34)19-26(35)17-22)30(41)29(40)21(2)37-31(42)23-11-7-6-8-12-23/h6-8,10-13,15-17,19-21,27-30,40-41H,3-5,9,14,18H2,1-2H3,(H,37,42)(H,38,43)(H,39,44)/t21-,27+,28+,29+,30+/m0/s1. The van der Waals surface area contributed by atoms with Gasteiger partial charge in [0, 0.05) is 24.0 Å². The van der Waals surface area contributed by atoms with Crippen LogP contribution in [0.15, 0.2) is 73.1 Å². The van der Waals surface area contributed by atoms with Crippen molar-refractivity contribution in [3.05, 3.63) is 101 Å². The second-order valence-electron chi connectivity index (χ2n) is 10.8. The molecule has 1 aromatic heterocycles. The number of aliphatic hydroxyl groups is 2. The maximum Gasteiger partial charge on any atom is 0.253 e. The third kappa shape index (κ3) is 10.5. The number of nitrogens with zero attached hydrogens (tertiary/aromatic N) is 1. The third-order valence-electron chi connectivity index (χ3n) is 7.27. The highest BCUT2D eigenvalue weighted by molar-refractivity contribution is 5.97.